The van der Waals surface area contributed by atoms with Crippen molar-refractivity contribution < 1.29 is 13.9 Å². The molecule has 2 N–H and O–H groups in total. The molecule has 0 aromatic carbocycles. The zero-order chi connectivity index (χ0) is 24.8. The van der Waals surface area contributed by atoms with Crippen LogP contribution in [0.25, 0.3) is 11.0 Å². The van der Waals surface area contributed by atoms with E-state index >= 15 is 0 Å². The number of halogens is 1. The molecule has 2 aromatic heterocycles. The lowest BCUT2D eigenvalue weighted by molar-refractivity contribution is -0.125. The molecule has 0 atom stereocenters. The van der Waals surface area contributed by atoms with Gasteiger partial charge >= 0.3 is 0 Å². The van der Waals surface area contributed by atoms with Gasteiger partial charge in [-0.2, -0.15) is 0 Å². The number of nitrogens with one attached hydrogen (secondary N) is 2. The average Bonchev–Trinajstić information content (AvgIpc) is 2.84. The molecule has 1 aliphatic carbocycles. The molecule has 1 saturated heterocycles. The van der Waals surface area contributed by atoms with E-state index in [1.165, 1.54) is 36.7 Å². The summed E-state index contributed by atoms with van der Waals surface area (Å²) < 4.78 is 20.7. The molecule has 0 spiro atoms. The number of carbonyl (C=O) groups is 1. The SMILES string of the molecule is C=C1NC(=O)CO/C1=C/C=C(\C)CNCC1CCC(CCn2c(=O)ccc3ncc(F)cc32)CC1. The molecule has 7 nitrogen and oxygen atoms in total. The number of pyridine rings is 2. The van der Waals surface area contributed by atoms with Gasteiger partial charge in [0.25, 0.3) is 11.5 Å². The molecule has 2 fully saturated rings. The second-order valence-electron chi connectivity index (χ2n) is 9.55. The molecule has 186 valence electrons. The fourth-order valence-corrected chi connectivity index (χ4v) is 4.80. The molecule has 35 heavy (non-hydrogen) atoms. The maximum Gasteiger partial charge on any atom is 0.262 e. The number of morpholine rings is 1. The van der Waals surface area contributed by atoms with Gasteiger partial charge in [0.1, 0.15) is 11.6 Å². The van der Waals surface area contributed by atoms with Crippen molar-refractivity contribution in [2.24, 2.45) is 11.8 Å². The van der Waals surface area contributed by atoms with E-state index in [2.05, 4.69) is 29.1 Å². The van der Waals surface area contributed by atoms with Gasteiger partial charge in [-0.3, -0.25) is 14.6 Å². The highest BCUT2D eigenvalue weighted by atomic mass is 19.1. The van der Waals surface area contributed by atoms with Crippen LogP contribution in [-0.2, 0) is 16.1 Å². The predicted octanol–water partition coefficient (Wildman–Crippen LogP) is 3.81. The fourth-order valence-electron chi connectivity index (χ4n) is 4.80. The van der Waals surface area contributed by atoms with Crippen molar-refractivity contribution >= 4 is 16.9 Å². The molecule has 4 rings (SSSR count). The van der Waals surface area contributed by atoms with Gasteiger partial charge in [-0.15, -0.1) is 0 Å². The zero-order valence-corrected chi connectivity index (χ0v) is 20.2. The van der Waals surface area contributed by atoms with E-state index in [-0.39, 0.29) is 18.1 Å². The van der Waals surface area contributed by atoms with E-state index in [0.29, 0.717) is 40.9 Å². The summed E-state index contributed by atoms with van der Waals surface area (Å²) in [4.78, 5) is 27.7. The lowest BCUT2D eigenvalue weighted by atomic mass is 9.80. The Morgan fingerprint density at radius 2 is 2.06 bits per heavy atom. The van der Waals surface area contributed by atoms with Crippen LogP contribution in [0, 0.1) is 17.7 Å². The number of fused-ring (bicyclic) bond motifs is 1. The summed E-state index contributed by atoms with van der Waals surface area (Å²) in [7, 11) is 0. The van der Waals surface area contributed by atoms with Gasteiger partial charge in [-0.05, 0) is 56.7 Å². The predicted molar refractivity (Wildman–Crippen MR) is 134 cm³/mol. The van der Waals surface area contributed by atoms with Crippen molar-refractivity contribution in [1.29, 1.82) is 0 Å². The van der Waals surface area contributed by atoms with Gasteiger partial charge in [0.05, 0.1) is 22.9 Å². The normalized spacial score (nSPS) is 22.3. The third kappa shape index (κ3) is 6.66. The number of amides is 1. The van der Waals surface area contributed by atoms with Crippen molar-refractivity contribution in [3.8, 4) is 0 Å². The molecular weight excluding hydrogens is 447 g/mol. The first-order chi connectivity index (χ1) is 16.9. The van der Waals surface area contributed by atoms with E-state index in [9.17, 15) is 14.0 Å². The van der Waals surface area contributed by atoms with Crippen molar-refractivity contribution in [2.75, 3.05) is 19.7 Å². The minimum Gasteiger partial charge on any atom is -0.482 e. The first kappa shape index (κ1) is 24.9. The minimum atomic E-state index is -0.423. The topological polar surface area (TPSA) is 85.2 Å². The third-order valence-corrected chi connectivity index (χ3v) is 6.83. The Morgan fingerprint density at radius 3 is 2.83 bits per heavy atom. The maximum atomic E-state index is 13.7. The van der Waals surface area contributed by atoms with Crippen LogP contribution in [0.2, 0.25) is 0 Å². The number of ether oxygens (including phenoxy) is 1. The number of nitrogens with zero attached hydrogens (tertiary/aromatic N) is 2. The first-order valence-corrected chi connectivity index (χ1v) is 12.2. The number of rotatable bonds is 8. The summed E-state index contributed by atoms with van der Waals surface area (Å²) in [5.41, 5.74) is 2.77. The van der Waals surface area contributed by atoms with Crippen LogP contribution in [0.5, 0.6) is 0 Å². The quantitative estimate of drug-likeness (QED) is 0.600. The molecule has 2 aliphatic rings. The van der Waals surface area contributed by atoms with Crippen LogP contribution < -0.4 is 16.2 Å². The van der Waals surface area contributed by atoms with Gasteiger partial charge < -0.3 is 19.9 Å². The molecular formula is C27H33FN4O3. The average molecular weight is 481 g/mol. The highest BCUT2D eigenvalue weighted by Gasteiger charge is 2.21. The number of carbonyl (C=O) groups excluding carboxylic acids is 1. The van der Waals surface area contributed by atoms with Gasteiger partial charge in [-0.25, -0.2) is 4.39 Å². The number of allylic oxidation sites excluding steroid dienone is 2. The summed E-state index contributed by atoms with van der Waals surface area (Å²) in [5.74, 6) is 1.21. The van der Waals surface area contributed by atoms with Gasteiger partial charge in [-0.1, -0.05) is 31.1 Å². The first-order valence-electron chi connectivity index (χ1n) is 12.2. The van der Waals surface area contributed by atoms with Crippen LogP contribution in [0.4, 0.5) is 4.39 Å². The Bertz CT molecular complexity index is 1210. The molecule has 8 heteroatoms. The summed E-state index contributed by atoms with van der Waals surface area (Å²) in [6.45, 7) is 8.23. The van der Waals surface area contributed by atoms with Crippen molar-refractivity contribution in [3.63, 3.8) is 0 Å². The molecule has 2 aromatic rings. The fraction of sp³-hybridized carbons (Fsp3) is 0.444. The number of hydrogen-bond acceptors (Lipinski definition) is 5. The highest BCUT2D eigenvalue weighted by molar-refractivity contribution is 5.81. The Kier molecular flexibility index (Phi) is 8.13. The third-order valence-electron chi connectivity index (χ3n) is 6.83. The minimum absolute atomic E-state index is 0.0209. The Hall–Kier alpha value is -3.26. The second kappa shape index (κ2) is 11.4. The summed E-state index contributed by atoms with van der Waals surface area (Å²) in [6, 6.07) is 4.56. The van der Waals surface area contributed by atoms with Crippen LogP contribution in [0.1, 0.15) is 39.0 Å². The Morgan fingerprint density at radius 1 is 1.29 bits per heavy atom. The van der Waals surface area contributed by atoms with Crippen molar-refractivity contribution in [3.05, 3.63) is 76.3 Å². The lowest BCUT2D eigenvalue weighted by Gasteiger charge is -2.29. The van der Waals surface area contributed by atoms with Crippen molar-refractivity contribution in [1.82, 2.24) is 20.2 Å². The molecule has 0 unspecified atom stereocenters. The molecule has 1 saturated carbocycles. The number of aryl methyl sites for hydroxylation is 1. The lowest BCUT2D eigenvalue weighted by Crippen LogP contribution is -2.33. The van der Waals surface area contributed by atoms with Crippen LogP contribution in [0.3, 0.4) is 0 Å². The number of aromatic nitrogens is 2. The summed E-state index contributed by atoms with van der Waals surface area (Å²) in [6.07, 6.45) is 10.5. The number of hydrogen-bond donors (Lipinski definition) is 2. The van der Waals surface area contributed by atoms with Gasteiger partial charge in [0.2, 0.25) is 0 Å². The molecule has 1 aliphatic heterocycles. The zero-order valence-electron chi connectivity index (χ0n) is 20.2. The molecule has 1 amide bonds. The second-order valence-corrected chi connectivity index (χ2v) is 9.55. The largest absolute Gasteiger partial charge is 0.482 e. The molecule has 0 radical (unpaired) electrons. The van der Waals surface area contributed by atoms with E-state index in [1.807, 2.05) is 12.2 Å². The summed E-state index contributed by atoms with van der Waals surface area (Å²) >= 11 is 0. The van der Waals surface area contributed by atoms with E-state index in [4.69, 9.17) is 4.74 Å². The van der Waals surface area contributed by atoms with Gasteiger partial charge in [0, 0.05) is 25.2 Å². The molecule has 3 heterocycles. The van der Waals surface area contributed by atoms with Crippen LogP contribution in [0.15, 0.2) is 65.0 Å². The van der Waals surface area contributed by atoms with E-state index in [1.54, 1.807) is 10.6 Å². The van der Waals surface area contributed by atoms with Crippen LogP contribution in [-0.4, -0.2) is 35.2 Å². The van der Waals surface area contributed by atoms with E-state index in [0.717, 1.165) is 32.4 Å². The monoisotopic (exact) mass is 480 g/mol. The van der Waals surface area contributed by atoms with E-state index < -0.39 is 5.82 Å². The standard InChI is InChI=1S/C27H33FN4O3/c1-18(3-9-25-19(2)31-26(33)17-35-25)14-29-15-21-6-4-20(5-7-21)11-12-32-24-13-22(28)16-30-23(24)8-10-27(32)34/h3,8-10,13,16,20-21,29H,2,4-7,11-12,14-15,17H2,1H3,(H,31,33)/b18-3+,25-9+. The Labute approximate surface area is 204 Å². The summed E-state index contributed by atoms with van der Waals surface area (Å²) in [5, 5.41) is 6.22. The Balaban J connectivity index is 1.19. The van der Waals surface area contributed by atoms with Gasteiger partial charge in [0.15, 0.2) is 6.61 Å². The molecule has 0 bridgehead atoms. The van der Waals surface area contributed by atoms with Crippen LogP contribution >= 0.6 is 0 Å². The highest BCUT2D eigenvalue weighted by Crippen LogP contribution is 2.31. The smallest absolute Gasteiger partial charge is 0.262 e. The maximum absolute atomic E-state index is 13.7. The van der Waals surface area contributed by atoms with Crippen molar-refractivity contribution in [2.45, 2.75) is 45.6 Å².